The fourth-order valence-electron chi connectivity index (χ4n) is 2.36. The molecule has 5 atom stereocenters. The number of ether oxygens (including phenoxy) is 3. The maximum absolute atomic E-state index is 11.6. The first-order chi connectivity index (χ1) is 11.9. The molecule has 9 heteroatoms. The molecule has 0 saturated carbocycles. The lowest BCUT2D eigenvalue weighted by Gasteiger charge is -2.37. The van der Waals surface area contributed by atoms with Gasteiger partial charge in [0.1, 0.15) is 31.0 Å². The summed E-state index contributed by atoms with van der Waals surface area (Å²) in [6.07, 6.45) is -3.17. The molecule has 1 rings (SSSR count). The number of esters is 2. The minimum Gasteiger partial charge on any atom is -0.463 e. The van der Waals surface area contributed by atoms with Gasteiger partial charge in [-0.15, -0.1) is 0 Å². The van der Waals surface area contributed by atoms with Crippen LogP contribution in [0.1, 0.15) is 38.5 Å². The Hall–Kier alpha value is -1.52. The molecule has 1 fully saturated rings. The predicted molar refractivity (Wildman–Crippen MR) is 83.9 cm³/mol. The van der Waals surface area contributed by atoms with E-state index in [-0.39, 0.29) is 19.0 Å². The van der Waals surface area contributed by atoms with Gasteiger partial charge in [-0.25, -0.2) is 0 Å². The zero-order valence-electron chi connectivity index (χ0n) is 14.0. The van der Waals surface area contributed by atoms with Gasteiger partial charge in [0.05, 0.1) is 6.26 Å². The Morgan fingerprint density at radius 3 is 2.12 bits per heavy atom. The van der Waals surface area contributed by atoms with Crippen LogP contribution in [-0.4, -0.2) is 69.7 Å². The number of rotatable bonds is 10. The van der Waals surface area contributed by atoms with Gasteiger partial charge in [0.25, 0.3) is 0 Å². The van der Waals surface area contributed by atoms with Crippen LogP contribution in [0.3, 0.4) is 0 Å². The monoisotopic (exact) mass is 362 g/mol. The maximum atomic E-state index is 11.6. The lowest BCUT2D eigenvalue weighted by molar-refractivity contribution is -0.287. The molecule has 0 aromatic rings. The summed E-state index contributed by atoms with van der Waals surface area (Å²) in [5, 5.41) is 38.0. The van der Waals surface area contributed by atoms with Gasteiger partial charge in [0.2, 0.25) is 0 Å². The van der Waals surface area contributed by atoms with Crippen LogP contribution in [0.15, 0.2) is 12.8 Å². The van der Waals surface area contributed by atoms with Crippen LogP contribution in [-0.2, 0) is 23.8 Å². The van der Waals surface area contributed by atoms with Gasteiger partial charge in [-0.2, -0.15) is 0 Å². The minimum atomic E-state index is -1.66. The Morgan fingerprint density at radius 2 is 1.52 bits per heavy atom. The van der Waals surface area contributed by atoms with E-state index in [1.165, 1.54) is 0 Å². The smallest absolute Gasteiger partial charge is 0.310 e. The van der Waals surface area contributed by atoms with Crippen molar-refractivity contribution in [3.63, 3.8) is 0 Å². The van der Waals surface area contributed by atoms with Crippen molar-refractivity contribution < 1.29 is 44.2 Å². The lowest BCUT2D eigenvalue weighted by atomic mass is 9.99. The molecule has 0 aliphatic carbocycles. The van der Waals surface area contributed by atoms with Crippen LogP contribution in [0, 0.1) is 0 Å². The van der Waals surface area contributed by atoms with Crippen molar-refractivity contribution in [1.82, 2.24) is 0 Å². The summed E-state index contributed by atoms with van der Waals surface area (Å²) in [5.41, 5.74) is 0. The van der Waals surface area contributed by atoms with Crippen molar-refractivity contribution >= 4 is 11.9 Å². The lowest BCUT2D eigenvalue weighted by Crippen LogP contribution is -2.58. The first-order valence-electron chi connectivity index (χ1n) is 8.20. The molecule has 25 heavy (non-hydrogen) atoms. The highest BCUT2D eigenvalue weighted by Gasteiger charge is 2.43. The molecule has 0 radical (unpaired) electrons. The number of carbonyl (C=O) groups excluding carboxylic acids is 2. The maximum Gasteiger partial charge on any atom is 0.310 e. The van der Waals surface area contributed by atoms with Crippen LogP contribution in [0.25, 0.3) is 0 Å². The number of unbranched alkanes of at least 4 members (excludes halogenated alkanes) is 3. The van der Waals surface area contributed by atoms with E-state index in [1.807, 2.05) is 0 Å². The molecular formula is C16H26O9. The van der Waals surface area contributed by atoms with Crippen molar-refractivity contribution in [2.75, 3.05) is 6.61 Å². The Kier molecular flexibility index (Phi) is 9.61. The second-order valence-corrected chi connectivity index (χ2v) is 5.79. The van der Waals surface area contributed by atoms with Gasteiger partial charge in [-0.05, 0) is 12.8 Å². The Morgan fingerprint density at radius 1 is 0.920 bits per heavy atom. The normalized spacial score (nSPS) is 29.0. The van der Waals surface area contributed by atoms with Crippen LogP contribution < -0.4 is 0 Å². The molecular weight excluding hydrogens is 336 g/mol. The molecule has 1 aliphatic rings. The molecule has 0 amide bonds. The van der Waals surface area contributed by atoms with E-state index in [9.17, 15) is 30.0 Å². The van der Waals surface area contributed by atoms with Crippen LogP contribution in [0.5, 0.6) is 0 Å². The molecule has 1 heterocycles. The molecule has 1 unspecified atom stereocenters. The van der Waals surface area contributed by atoms with Crippen molar-refractivity contribution in [1.29, 1.82) is 0 Å². The molecule has 4 N–H and O–H groups in total. The molecule has 9 nitrogen and oxygen atoms in total. The standard InChI is InChI=1S/C16H26O9/c1-2-23-11(17)7-5-3-4-6-8-12(18)24-9-10-13(19)14(20)15(21)16(22)25-10/h2,10,13-16,19-22H,1,3-9H2/t10-,13-,14+,15-,16?/m1/s1. The molecule has 1 aliphatic heterocycles. The Balaban J connectivity index is 2.12. The average molecular weight is 362 g/mol. The zero-order valence-corrected chi connectivity index (χ0v) is 14.0. The highest BCUT2D eigenvalue weighted by atomic mass is 16.6. The van der Waals surface area contributed by atoms with Gasteiger partial charge in [0, 0.05) is 12.8 Å². The van der Waals surface area contributed by atoms with Crippen molar-refractivity contribution in [3.05, 3.63) is 12.8 Å². The minimum absolute atomic E-state index is 0.160. The zero-order chi connectivity index (χ0) is 18.8. The molecule has 0 aromatic carbocycles. The Labute approximate surface area is 145 Å². The average Bonchev–Trinajstić information content (AvgIpc) is 2.58. The SMILES string of the molecule is C=COC(=O)CCCCCCC(=O)OC[C@H]1OC(O)[C@H](O)[C@@H](O)[C@@H]1O. The van der Waals surface area contributed by atoms with E-state index in [2.05, 4.69) is 11.3 Å². The number of hydrogen-bond acceptors (Lipinski definition) is 9. The largest absolute Gasteiger partial charge is 0.463 e. The summed E-state index contributed by atoms with van der Waals surface area (Å²) in [7, 11) is 0. The van der Waals surface area contributed by atoms with Crippen molar-refractivity contribution in [2.24, 2.45) is 0 Å². The second-order valence-electron chi connectivity index (χ2n) is 5.79. The summed E-state index contributed by atoms with van der Waals surface area (Å²) in [5.74, 6) is -0.841. The Bertz CT molecular complexity index is 439. The van der Waals surface area contributed by atoms with Gasteiger partial charge in [0.15, 0.2) is 6.29 Å². The van der Waals surface area contributed by atoms with Crippen LogP contribution >= 0.6 is 0 Å². The number of carbonyl (C=O) groups is 2. The molecule has 0 aromatic heterocycles. The van der Waals surface area contributed by atoms with Gasteiger partial charge >= 0.3 is 11.9 Å². The first kappa shape index (κ1) is 21.5. The fourth-order valence-corrected chi connectivity index (χ4v) is 2.36. The van der Waals surface area contributed by atoms with Crippen molar-refractivity contribution in [2.45, 2.75) is 69.2 Å². The highest BCUT2D eigenvalue weighted by Crippen LogP contribution is 2.20. The van der Waals surface area contributed by atoms with Crippen molar-refractivity contribution in [3.8, 4) is 0 Å². The molecule has 0 bridgehead atoms. The summed E-state index contributed by atoms with van der Waals surface area (Å²) < 4.78 is 14.4. The summed E-state index contributed by atoms with van der Waals surface area (Å²) >= 11 is 0. The first-order valence-corrected chi connectivity index (χ1v) is 8.20. The quantitative estimate of drug-likeness (QED) is 0.227. The third kappa shape index (κ3) is 7.49. The van der Waals surface area contributed by atoms with Crippen LogP contribution in [0.2, 0.25) is 0 Å². The summed E-state index contributed by atoms with van der Waals surface area (Å²) in [4.78, 5) is 22.7. The predicted octanol–water partition coefficient (Wildman–Crippen LogP) is -0.643. The summed E-state index contributed by atoms with van der Waals surface area (Å²) in [6, 6.07) is 0. The fraction of sp³-hybridized carbons (Fsp3) is 0.750. The third-order valence-corrected chi connectivity index (χ3v) is 3.82. The van der Waals surface area contributed by atoms with E-state index in [1.54, 1.807) is 0 Å². The van der Waals surface area contributed by atoms with Gasteiger partial charge in [-0.1, -0.05) is 19.4 Å². The topological polar surface area (TPSA) is 143 Å². The van der Waals surface area contributed by atoms with Gasteiger partial charge < -0.3 is 34.6 Å². The van der Waals surface area contributed by atoms with E-state index in [0.29, 0.717) is 19.3 Å². The van der Waals surface area contributed by atoms with Crippen LogP contribution in [0.4, 0.5) is 0 Å². The van der Waals surface area contributed by atoms with Gasteiger partial charge in [-0.3, -0.25) is 9.59 Å². The second kappa shape index (κ2) is 11.2. The van der Waals surface area contributed by atoms with E-state index in [4.69, 9.17) is 9.47 Å². The molecule has 0 spiro atoms. The number of hydrogen-bond donors (Lipinski definition) is 4. The van der Waals surface area contributed by atoms with E-state index >= 15 is 0 Å². The van der Waals surface area contributed by atoms with E-state index < -0.39 is 36.7 Å². The molecule has 144 valence electrons. The third-order valence-electron chi connectivity index (χ3n) is 3.82. The highest BCUT2D eigenvalue weighted by molar-refractivity contribution is 5.70. The molecule has 1 saturated heterocycles. The number of aliphatic hydroxyl groups excluding tert-OH is 4. The van der Waals surface area contributed by atoms with E-state index in [0.717, 1.165) is 19.1 Å². The number of aliphatic hydroxyl groups is 4. The summed E-state index contributed by atoms with van der Waals surface area (Å²) in [6.45, 7) is 2.95.